The molecule has 14 heavy (non-hydrogen) atoms. The van der Waals surface area contributed by atoms with E-state index in [1.807, 2.05) is 0 Å². The third kappa shape index (κ3) is 2.83. The smallest absolute Gasteiger partial charge is 0.391 e. The van der Waals surface area contributed by atoms with Crippen molar-refractivity contribution in [3.05, 3.63) is 5.73 Å². The van der Waals surface area contributed by atoms with Crippen LogP contribution < -0.4 is 5.32 Å². The van der Waals surface area contributed by atoms with E-state index in [4.69, 9.17) is 5.73 Å². The Hall–Kier alpha value is 0.662. The molecule has 0 aromatic rings. The normalized spacial score (nSPS) is 33.2. The molecule has 1 aliphatic heterocycles. The van der Waals surface area contributed by atoms with E-state index >= 15 is 0 Å². The number of carbonyl (C=O) groups excluding carboxylic acids is 1. The number of alkyl halides is 3. The molecule has 3 nitrogen and oxygen atoms in total. The third-order valence-corrected chi connectivity index (χ3v) is 2.28. The van der Waals surface area contributed by atoms with Crippen LogP contribution in [-0.4, -0.2) is 24.2 Å². The molecule has 0 saturated carbocycles. The van der Waals surface area contributed by atoms with Gasteiger partial charge in [-0.3, -0.25) is 4.79 Å². The number of amides is 1. The van der Waals surface area contributed by atoms with Crippen molar-refractivity contribution in [2.75, 3.05) is 6.54 Å². The minimum atomic E-state index is -4.46. The molecule has 0 spiro atoms. The molecule has 1 aliphatic rings. The van der Waals surface area contributed by atoms with Crippen LogP contribution in [0.3, 0.4) is 0 Å². The Morgan fingerprint density at radius 2 is 2.07 bits per heavy atom. The van der Waals surface area contributed by atoms with E-state index in [9.17, 15) is 18.0 Å². The Morgan fingerprint density at radius 3 is 2.43 bits per heavy atom. The first kappa shape index (κ1) is 14.7. The molecular formula is C7H10AcF3N2O-. The number of nitrogens with one attached hydrogen (secondary N) is 2. The summed E-state index contributed by atoms with van der Waals surface area (Å²) in [6.45, 7) is 0.997. The Labute approximate surface area is 116 Å². The molecule has 0 aromatic carbocycles. The molecule has 7 heteroatoms. The summed E-state index contributed by atoms with van der Waals surface area (Å²) in [6.07, 6.45) is -4.68. The topological polar surface area (TPSA) is 52.9 Å². The van der Waals surface area contributed by atoms with E-state index in [2.05, 4.69) is 5.32 Å². The molecule has 2 atom stereocenters. The summed E-state index contributed by atoms with van der Waals surface area (Å²) in [5.41, 5.74) is 5.23. The van der Waals surface area contributed by atoms with Crippen LogP contribution in [0.4, 0.5) is 13.2 Å². The van der Waals surface area contributed by atoms with Gasteiger partial charge in [-0.15, -0.1) is 0 Å². The van der Waals surface area contributed by atoms with Crippen molar-refractivity contribution < 1.29 is 62.0 Å². The summed E-state index contributed by atoms with van der Waals surface area (Å²) >= 11 is 0. The van der Waals surface area contributed by atoms with Crippen molar-refractivity contribution in [3.63, 3.8) is 0 Å². The van der Waals surface area contributed by atoms with Crippen LogP contribution in [0.5, 0.6) is 0 Å². The molecule has 1 heterocycles. The minimum absolute atomic E-state index is 0. The fourth-order valence-electron chi connectivity index (χ4n) is 1.45. The number of rotatable bonds is 0. The molecule has 0 bridgehead atoms. The Balaban J connectivity index is 0.00000169. The van der Waals surface area contributed by atoms with E-state index in [0.29, 0.717) is 0 Å². The first-order valence-corrected chi connectivity index (χ1v) is 3.86. The quantitative estimate of drug-likeness (QED) is 0.633. The summed E-state index contributed by atoms with van der Waals surface area (Å²) in [5.74, 6) is -2.70. The molecule has 79 valence electrons. The van der Waals surface area contributed by atoms with Crippen LogP contribution in [0.15, 0.2) is 0 Å². The summed E-state index contributed by atoms with van der Waals surface area (Å²) in [5, 5.41) is 2.25. The van der Waals surface area contributed by atoms with Crippen molar-refractivity contribution in [1.29, 1.82) is 0 Å². The number of hydrogen-bond acceptors (Lipinski definition) is 1. The van der Waals surface area contributed by atoms with Gasteiger partial charge in [-0.05, 0) is 12.0 Å². The number of piperidine rings is 1. The second-order valence-electron chi connectivity index (χ2n) is 3.34. The van der Waals surface area contributed by atoms with Gasteiger partial charge in [0.2, 0.25) is 5.91 Å². The fraction of sp³-hybridized carbons (Fsp3) is 0.857. The van der Waals surface area contributed by atoms with Crippen molar-refractivity contribution >= 4 is 5.91 Å². The van der Waals surface area contributed by atoms with Crippen molar-refractivity contribution in [3.8, 4) is 0 Å². The van der Waals surface area contributed by atoms with E-state index < -0.39 is 23.5 Å². The van der Waals surface area contributed by atoms with Crippen LogP contribution >= 0.6 is 0 Å². The van der Waals surface area contributed by atoms with Crippen LogP contribution in [-0.2, 0) is 4.79 Å². The average molecular weight is 422 g/mol. The maximum Gasteiger partial charge on any atom is 0.391 e. The minimum Gasteiger partial charge on any atom is -0.664 e. The third-order valence-electron chi connectivity index (χ3n) is 2.28. The van der Waals surface area contributed by atoms with E-state index in [0.717, 1.165) is 6.92 Å². The summed E-state index contributed by atoms with van der Waals surface area (Å²) in [7, 11) is 0. The van der Waals surface area contributed by atoms with Gasteiger partial charge in [-0.25, -0.2) is 0 Å². The van der Waals surface area contributed by atoms with Crippen LogP contribution in [0.1, 0.15) is 13.3 Å². The Bertz CT molecular complexity index is 229. The average Bonchev–Trinajstić information content (AvgIpc) is 1.92. The van der Waals surface area contributed by atoms with Gasteiger partial charge in [0.15, 0.2) is 0 Å². The molecule has 0 aliphatic carbocycles. The summed E-state index contributed by atoms with van der Waals surface area (Å²) in [4.78, 5) is 11.0. The van der Waals surface area contributed by atoms with Gasteiger partial charge in [0, 0.05) is 50.6 Å². The molecular weight excluding hydrogens is 412 g/mol. The van der Waals surface area contributed by atoms with E-state index in [-0.39, 0.29) is 57.0 Å². The standard InChI is InChI=1S/C7H10F3N2O.Ac/c1-6(11)4(7(8,9)10)2-3-12-5(6)13;/h4,11H,2-3H2,1H3,(H,12,13);/q-1;. The van der Waals surface area contributed by atoms with Gasteiger partial charge >= 0.3 is 6.18 Å². The molecule has 2 unspecified atom stereocenters. The number of halogens is 3. The first-order valence-electron chi connectivity index (χ1n) is 3.86. The largest absolute Gasteiger partial charge is 0.664 e. The van der Waals surface area contributed by atoms with Gasteiger partial charge in [0.25, 0.3) is 0 Å². The zero-order valence-electron chi connectivity index (χ0n) is 7.61. The van der Waals surface area contributed by atoms with Gasteiger partial charge < -0.3 is 11.1 Å². The summed E-state index contributed by atoms with van der Waals surface area (Å²) in [6, 6.07) is 0. The van der Waals surface area contributed by atoms with Gasteiger partial charge in [-0.1, -0.05) is 6.92 Å². The van der Waals surface area contributed by atoms with Crippen LogP contribution in [0, 0.1) is 50.0 Å². The summed E-state index contributed by atoms with van der Waals surface area (Å²) < 4.78 is 36.9. The predicted molar refractivity (Wildman–Crippen MR) is 39.9 cm³/mol. The SMILES string of the molecule is CC1([NH-])C(=O)NCCC1C(F)(F)F.[Ac]. The van der Waals surface area contributed by atoms with Crippen LogP contribution in [0.25, 0.3) is 5.73 Å². The van der Waals surface area contributed by atoms with E-state index in [1.165, 1.54) is 0 Å². The van der Waals surface area contributed by atoms with Gasteiger partial charge in [0.05, 0.1) is 5.92 Å². The Morgan fingerprint density at radius 1 is 1.57 bits per heavy atom. The zero-order chi connectivity index (χ0) is 10.3. The predicted octanol–water partition coefficient (Wildman–Crippen LogP) is 1.50. The fourth-order valence-corrected chi connectivity index (χ4v) is 1.45. The maximum absolute atomic E-state index is 12.3. The van der Waals surface area contributed by atoms with Crippen molar-refractivity contribution in [2.45, 2.75) is 25.1 Å². The molecule has 1 fully saturated rings. The van der Waals surface area contributed by atoms with Gasteiger partial charge in [-0.2, -0.15) is 13.2 Å². The van der Waals surface area contributed by atoms with Crippen molar-refractivity contribution in [1.82, 2.24) is 5.32 Å². The maximum atomic E-state index is 12.3. The molecule has 1 saturated heterocycles. The molecule has 0 aromatic heterocycles. The molecule has 1 rings (SSSR count). The molecule has 1 radical (unpaired) electrons. The second-order valence-corrected chi connectivity index (χ2v) is 3.34. The van der Waals surface area contributed by atoms with E-state index in [1.54, 1.807) is 0 Å². The van der Waals surface area contributed by atoms with Gasteiger partial charge in [0.1, 0.15) is 0 Å². The molecule has 1 amide bonds. The first-order chi connectivity index (χ1) is 5.76. The van der Waals surface area contributed by atoms with Crippen molar-refractivity contribution in [2.24, 2.45) is 5.92 Å². The Kier molecular flexibility index (Phi) is 4.89. The second kappa shape index (κ2) is 4.67. The molecule has 2 N–H and O–H groups in total. The monoisotopic (exact) mass is 422 g/mol. The number of carbonyl (C=O) groups is 1. The zero-order valence-corrected chi connectivity index (χ0v) is 12.4. The van der Waals surface area contributed by atoms with Crippen LogP contribution in [0.2, 0.25) is 0 Å². The number of hydrogen-bond donors (Lipinski definition) is 1.